The number of rotatable bonds is 4. The summed E-state index contributed by atoms with van der Waals surface area (Å²) in [7, 11) is 3.13. The molecule has 0 unspecified atom stereocenters. The maximum Gasteiger partial charge on any atom is 0.276 e. The molecule has 26 heavy (non-hydrogen) atoms. The summed E-state index contributed by atoms with van der Waals surface area (Å²) < 4.78 is 18.1. The van der Waals surface area contributed by atoms with Crippen molar-refractivity contribution in [3.63, 3.8) is 0 Å². The maximum atomic E-state index is 12.8. The first-order chi connectivity index (χ1) is 12.6. The lowest BCUT2D eigenvalue weighted by molar-refractivity contribution is 0.355. The molecule has 0 atom stereocenters. The number of aryl methyl sites for hydroxylation is 1. The van der Waals surface area contributed by atoms with Crippen LogP contribution in [0.2, 0.25) is 0 Å². The molecule has 4 aromatic rings. The van der Waals surface area contributed by atoms with E-state index in [0.29, 0.717) is 38.1 Å². The standard InChI is InChI=1S/C18H15N3O4S/c1-10-4-6-12(25-10)9-15-17(22)21-16(19-20-18(21)26-15)11-5-7-13(23-2)14(8-11)24-3/h4-9H,1-3H3. The van der Waals surface area contributed by atoms with Gasteiger partial charge in [-0.3, -0.25) is 4.79 Å². The summed E-state index contributed by atoms with van der Waals surface area (Å²) in [5, 5.41) is 8.29. The third-order valence-electron chi connectivity index (χ3n) is 3.92. The summed E-state index contributed by atoms with van der Waals surface area (Å²) in [6.07, 6.45) is 1.72. The monoisotopic (exact) mass is 369 g/mol. The second-order valence-corrected chi connectivity index (χ2v) is 6.58. The van der Waals surface area contributed by atoms with Gasteiger partial charge in [0.2, 0.25) is 4.96 Å². The number of fused-ring (bicyclic) bond motifs is 1. The van der Waals surface area contributed by atoms with E-state index in [1.54, 1.807) is 32.4 Å². The molecule has 0 fully saturated rings. The van der Waals surface area contributed by atoms with Gasteiger partial charge in [-0.2, -0.15) is 0 Å². The van der Waals surface area contributed by atoms with Crippen molar-refractivity contribution in [3.05, 3.63) is 56.7 Å². The topological polar surface area (TPSA) is 78.9 Å². The van der Waals surface area contributed by atoms with Gasteiger partial charge in [0, 0.05) is 11.6 Å². The zero-order valence-corrected chi connectivity index (χ0v) is 15.2. The van der Waals surface area contributed by atoms with Crippen LogP contribution in [0, 0.1) is 6.92 Å². The summed E-state index contributed by atoms with van der Waals surface area (Å²) in [6, 6.07) is 9.03. The Hall–Kier alpha value is -3.13. The lowest BCUT2D eigenvalue weighted by Crippen LogP contribution is -2.23. The van der Waals surface area contributed by atoms with Crippen LogP contribution in [0.1, 0.15) is 11.5 Å². The summed E-state index contributed by atoms with van der Waals surface area (Å²) in [6.45, 7) is 1.86. The van der Waals surface area contributed by atoms with E-state index >= 15 is 0 Å². The van der Waals surface area contributed by atoms with Crippen LogP contribution in [0.15, 0.2) is 39.5 Å². The number of nitrogens with zero attached hydrogens (tertiary/aromatic N) is 3. The number of aromatic nitrogens is 3. The molecule has 0 saturated carbocycles. The van der Waals surface area contributed by atoms with E-state index in [9.17, 15) is 4.79 Å². The van der Waals surface area contributed by atoms with Gasteiger partial charge in [-0.05, 0) is 37.3 Å². The van der Waals surface area contributed by atoms with Crippen LogP contribution >= 0.6 is 11.3 Å². The Bertz CT molecular complexity index is 1210. The smallest absolute Gasteiger partial charge is 0.276 e. The van der Waals surface area contributed by atoms with Gasteiger partial charge < -0.3 is 13.9 Å². The zero-order chi connectivity index (χ0) is 18.3. The van der Waals surface area contributed by atoms with Gasteiger partial charge in [-0.1, -0.05) is 11.3 Å². The Morgan fingerprint density at radius 3 is 2.62 bits per heavy atom. The largest absolute Gasteiger partial charge is 0.493 e. The fourth-order valence-electron chi connectivity index (χ4n) is 2.69. The molecule has 0 saturated heterocycles. The number of furan rings is 1. The van der Waals surface area contributed by atoms with E-state index in [1.165, 1.54) is 15.7 Å². The minimum Gasteiger partial charge on any atom is -0.493 e. The van der Waals surface area contributed by atoms with Crippen molar-refractivity contribution in [2.75, 3.05) is 14.2 Å². The van der Waals surface area contributed by atoms with Crippen LogP contribution in [0.4, 0.5) is 0 Å². The highest BCUT2D eigenvalue weighted by Gasteiger charge is 2.16. The predicted molar refractivity (Wildman–Crippen MR) is 97.9 cm³/mol. The van der Waals surface area contributed by atoms with Crippen molar-refractivity contribution < 1.29 is 13.9 Å². The lowest BCUT2D eigenvalue weighted by Gasteiger charge is -2.08. The Kier molecular flexibility index (Phi) is 3.96. The molecule has 3 aromatic heterocycles. The van der Waals surface area contributed by atoms with Gasteiger partial charge in [-0.25, -0.2) is 4.40 Å². The van der Waals surface area contributed by atoms with E-state index in [4.69, 9.17) is 13.9 Å². The normalized spacial score (nSPS) is 12.0. The Morgan fingerprint density at radius 1 is 1.12 bits per heavy atom. The molecule has 0 aliphatic heterocycles. The molecule has 0 aliphatic rings. The maximum absolute atomic E-state index is 12.8. The molecule has 8 heteroatoms. The number of thiazole rings is 1. The van der Waals surface area contributed by atoms with E-state index in [1.807, 2.05) is 25.1 Å². The van der Waals surface area contributed by atoms with Crippen molar-refractivity contribution in [1.82, 2.24) is 14.6 Å². The third-order valence-corrected chi connectivity index (χ3v) is 4.88. The first-order valence-electron chi connectivity index (χ1n) is 7.79. The van der Waals surface area contributed by atoms with Crippen LogP contribution in [0.5, 0.6) is 11.5 Å². The molecular weight excluding hydrogens is 354 g/mol. The van der Waals surface area contributed by atoms with Crippen molar-refractivity contribution in [2.24, 2.45) is 0 Å². The van der Waals surface area contributed by atoms with Gasteiger partial charge >= 0.3 is 0 Å². The van der Waals surface area contributed by atoms with Crippen LogP contribution in [-0.2, 0) is 0 Å². The molecule has 132 valence electrons. The van der Waals surface area contributed by atoms with Crippen LogP contribution < -0.4 is 19.6 Å². The molecule has 4 rings (SSSR count). The SMILES string of the molecule is COc1ccc(-c2nnc3sc(=Cc4ccc(C)o4)c(=O)n23)cc1OC. The minimum atomic E-state index is -0.186. The molecule has 0 amide bonds. The van der Waals surface area contributed by atoms with Crippen molar-refractivity contribution in [3.8, 4) is 22.9 Å². The zero-order valence-electron chi connectivity index (χ0n) is 14.3. The molecule has 7 nitrogen and oxygen atoms in total. The molecule has 1 aromatic carbocycles. The fraction of sp³-hybridized carbons (Fsp3) is 0.167. The van der Waals surface area contributed by atoms with E-state index in [0.717, 1.165) is 5.76 Å². The van der Waals surface area contributed by atoms with E-state index < -0.39 is 0 Å². The van der Waals surface area contributed by atoms with Crippen molar-refractivity contribution in [1.29, 1.82) is 0 Å². The fourth-order valence-corrected chi connectivity index (χ4v) is 3.58. The van der Waals surface area contributed by atoms with Crippen LogP contribution in [0.3, 0.4) is 0 Å². The summed E-state index contributed by atoms with van der Waals surface area (Å²) in [5.41, 5.74) is 0.527. The second kappa shape index (κ2) is 6.30. The van der Waals surface area contributed by atoms with E-state index in [2.05, 4.69) is 10.2 Å². The van der Waals surface area contributed by atoms with Gasteiger partial charge in [-0.15, -0.1) is 10.2 Å². The molecular formula is C18H15N3O4S. The van der Waals surface area contributed by atoms with Crippen LogP contribution in [0.25, 0.3) is 22.4 Å². The van der Waals surface area contributed by atoms with Crippen molar-refractivity contribution in [2.45, 2.75) is 6.92 Å². The number of ether oxygens (including phenoxy) is 2. The molecule has 0 radical (unpaired) electrons. The Labute approximate surface area is 152 Å². The third kappa shape index (κ3) is 2.64. The predicted octanol–water partition coefficient (Wildman–Crippen LogP) is 2.28. The number of hydrogen-bond donors (Lipinski definition) is 0. The van der Waals surface area contributed by atoms with Gasteiger partial charge in [0.25, 0.3) is 5.56 Å². The van der Waals surface area contributed by atoms with Gasteiger partial charge in [0.1, 0.15) is 16.1 Å². The van der Waals surface area contributed by atoms with Crippen LogP contribution in [-0.4, -0.2) is 28.8 Å². The summed E-state index contributed by atoms with van der Waals surface area (Å²) in [5.74, 6) is 3.04. The highest BCUT2D eigenvalue weighted by atomic mass is 32.1. The average Bonchev–Trinajstić information content (AvgIpc) is 3.33. The number of benzene rings is 1. The lowest BCUT2D eigenvalue weighted by atomic mass is 10.2. The number of methoxy groups -OCH3 is 2. The quantitative estimate of drug-likeness (QED) is 0.549. The highest BCUT2D eigenvalue weighted by molar-refractivity contribution is 7.15. The van der Waals surface area contributed by atoms with Gasteiger partial charge in [0.05, 0.1) is 14.2 Å². The highest BCUT2D eigenvalue weighted by Crippen LogP contribution is 2.31. The number of hydrogen-bond acceptors (Lipinski definition) is 7. The van der Waals surface area contributed by atoms with E-state index in [-0.39, 0.29) is 5.56 Å². The Morgan fingerprint density at radius 2 is 1.92 bits per heavy atom. The Balaban J connectivity index is 1.88. The molecule has 0 spiro atoms. The minimum absolute atomic E-state index is 0.186. The molecule has 3 heterocycles. The second-order valence-electron chi connectivity index (χ2n) is 5.58. The summed E-state index contributed by atoms with van der Waals surface area (Å²) in [4.78, 5) is 13.4. The first-order valence-corrected chi connectivity index (χ1v) is 8.61. The first kappa shape index (κ1) is 16.3. The van der Waals surface area contributed by atoms with Gasteiger partial charge in [0.15, 0.2) is 17.3 Å². The molecule has 0 aliphatic carbocycles. The summed E-state index contributed by atoms with van der Waals surface area (Å²) >= 11 is 1.27. The molecule has 0 bridgehead atoms. The van der Waals surface area contributed by atoms with Crippen molar-refractivity contribution >= 4 is 22.4 Å². The average molecular weight is 369 g/mol. The molecule has 0 N–H and O–H groups in total.